The van der Waals surface area contributed by atoms with Crippen LogP contribution in [0.3, 0.4) is 0 Å². The van der Waals surface area contributed by atoms with Crippen molar-refractivity contribution in [2.45, 2.75) is 11.8 Å². The Balaban J connectivity index is 3.15. The molecule has 5 nitrogen and oxygen atoms in total. The van der Waals surface area contributed by atoms with Crippen LogP contribution < -0.4 is 0 Å². The molecule has 0 saturated heterocycles. The van der Waals surface area contributed by atoms with Gasteiger partial charge in [-0.3, -0.25) is 0 Å². The van der Waals surface area contributed by atoms with E-state index in [0.29, 0.717) is 11.3 Å². The van der Waals surface area contributed by atoms with Gasteiger partial charge in [-0.15, -0.1) is 0 Å². The molecule has 0 aliphatic heterocycles. The maximum absolute atomic E-state index is 11.7. The molecule has 0 saturated carbocycles. The van der Waals surface area contributed by atoms with E-state index in [1.165, 1.54) is 26.2 Å². The second-order valence-corrected chi connectivity index (χ2v) is 5.65. The minimum absolute atomic E-state index is 0.215. The van der Waals surface area contributed by atoms with Crippen LogP contribution >= 0.6 is 0 Å². The molecule has 0 heterocycles. The molecule has 0 fully saturated rings. The minimum Gasteiger partial charge on any atom is -0.411 e. The summed E-state index contributed by atoms with van der Waals surface area (Å²) in [5.74, 6) is 0. The molecule has 0 amide bonds. The number of sulfonamides is 1. The van der Waals surface area contributed by atoms with Crippen molar-refractivity contribution in [3.63, 3.8) is 0 Å². The fourth-order valence-corrected chi connectivity index (χ4v) is 2.04. The monoisotopic (exact) mass is 242 g/mol. The van der Waals surface area contributed by atoms with Crippen LogP contribution in [0.15, 0.2) is 34.3 Å². The molecule has 0 aliphatic rings. The Hall–Kier alpha value is -1.40. The van der Waals surface area contributed by atoms with Crippen LogP contribution in [0.2, 0.25) is 0 Å². The molecule has 1 aromatic rings. The molecule has 1 N–H and O–H groups in total. The van der Waals surface area contributed by atoms with Crippen LogP contribution in [-0.4, -0.2) is 37.7 Å². The summed E-state index contributed by atoms with van der Waals surface area (Å²) in [5.41, 5.74) is 1.12. The zero-order valence-corrected chi connectivity index (χ0v) is 10.2. The molecule has 16 heavy (non-hydrogen) atoms. The zero-order valence-electron chi connectivity index (χ0n) is 9.38. The summed E-state index contributed by atoms with van der Waals surface area (Å²) in [6.45, 7) is 1.63. The average Bonchev–Trinajstić information content (AvgIpc) is 2.28. The molecule has 0 radical (unpaired) electrons. The highest BCUT2D eigenvalue weighted by Gasteiger charge is 2.16. The van der Waals surface area contributed by atoms with E-state index < -0.39 is 10.0 Å². The molecule has 0 spiro atoms. The SMILES string of the molecule is CC(=NO)c1ccc(S(=O)(=O)N(C)C)cc1. The molecule has 88 valence electrons. The van der Waals surface area contributed by atoms with Gasteiger partial charge in [0.1, 0.15) is 0 Å². The molecule has 1 rings (SSSR count). The summed E-state index contributed by atoms with van der Waals surface area (Å²) >= 11 is 0. The van der Waals surface area contributed by atoms with Crippen molar-refractivity contribution in [1.29, 1.82) is 0 Å². The molecule has 6 heteroatoms. The van der Waals surface area contributed by atoms with Crippen LogP contribution in [0.4, 0.5) is 0 Å². The van der Waals surface area contributed by atoms with Crippen molar-refractivity contribution >= 4 is 15.7 Å². The fourth-order valence-electron chi connectivity index (χ4n) is 1.14. The Bertz CT molecular complexity index is 489. The van der Waals surface area contributed by atoms with Gasteiger partial charge < -0.3 is 5.21 Å². The van der Waals surface area contributed by atoms with Crippen LogP contribution in [0.25, 0.3) is 0 Å². The Labute approximate surface area is 95.1 Å². The molecule has 1 aromatic carbocycles. The third-order valence-electron chi connectivity index (χ3n) is 2.20. The molecule has 0 atom stereocenters. The Morgan fingerprint density at radius 1 is 1.25 bits per heavy atom. The van der Waals surface area contributed by atoms with Crippen LogP contribution in [0.5, 0.6) is 0 Å². The normalized spacial score (nSPS) is 13.1. The van der Waals surface area contributed by atoms with Gasteiger partial charge in [0.25, 0.3) is 0 Å². The lowest BCUT2D eigenvalue weighted by molar-refractivity contribution is 0.319. The van der Waals surface area contributed by atoms with E-state index in [1.54, 1.807) is 19.1 Å². The molecular formula is C10H14N2O3S. The first-order valence-electron chi connectivity index (χ1n) is 4.61. The maximum atomic E-state index is 11.7. The van der Waals surface area contributed by atoms with Gasteiger partial charge in [-0.25, -0.2) is 12.7 Å². The quantitative estimate of drug-likeness (QED) is 0.491. The van der Waals surface area contributed by atoms with E-state index in [0.717, 1.165) is 4.31 Å². The van der Waals surface area contributed by atoms with Gasteiger partial charge in [0, 0.05) is 14.1 Å². The molecule has 0 aliphatic carbocycles. The van der Waals surface area contributed by atoms with Crippen LogP contribution in [-0.2, 0) is 10.0 Å². The Morgan fingerprint density at radius 3 is 2.12 bits per heavy atom. The average molecular weight is 242 g/mol. The first-order valence-corrected chi connectivity index (χ1v) is 6.05. The van der Waals surface area contributed by atoms with Crippen molar-refractivity contribution in [2.24, 2.45) is 5.16 Å². The molecule has 0 unspecified atom stereocenters. The smallest absolute Gasteiger partial charge is 0.242 e. The standard InChI is InChI=1S/C10H14N2O3S/c1-8(11-13)9-4-6-10(7-5-9)16(14,15)12(2)3/h4-7,13H,1-3H3. The van der Waals surface area contributed by atoms with E-state index in [1.807, 2.05) is 0 Å². The van der Waals surface area contributed by atoms with Crippen molar-refractivity contribution in [3.8, 4) is 0 Å². The van der Waals surface area contributed by atoms with Crippen LogP contribution in [0.1, 0.15) is 12.5 Å². The van der Waals surface area contributed by atoms with Crippen molar-refractivity contribution in [1.82, 2.24) is 4.31 Å². The fraction of sp³-hybridized carbons (Fsp3) is 0.300. The lowest BCUT2D eigenvalue weighted by atomic mass is 10.1. The highest BCUT2D eigenvalue weighted by Crippen LogP contribution is 2.14. The van der Waals surface area contributed by atoms with E-state index in [-0.39, 0.29) is 4.90 Å². The number of hydrogen-bond acceptors (Lipinski definition) is 4. The van der Waals surface area contributed by atoms with Gasteiger partial charge in [0.2, 0.25) is 10.0 Å². The number of oxime groups is 1. The summed E-state index contributed by atoms with van der Waals surface area (Å²) in [5, 5.41) is 11.6. The first kappa shape index (κ1) is 12.7. The first-order chi connectivity index (χ1) is 7.39. The summed E-state index contributed by atoms with van der Waals surface area (Å²) in [7, 11) is -0.443. The summed E-state index contributed by atoms with van der Waals surface area (Å²) in [6, 6.07) is 6.18. The summed E-state index contributed by atoms with van der Waals surface area (Å²) in [4.78, 5) is 0.215. The number of rotatable bonds is 3. The van der Waals surface area contributed by atoms with Crippen molar-refractivity contribution in [2.75, 3.05) is 14.1 Å². The van der Waals surface area contributed by atoms with Crippen molar-refractivity contribution in [3.05, 3.63) is 29.8 Å². The number of nitrogens with zero attached hydrogens (tertiary/aromatic N) is 2. The largest absolute Gasteiger partial charge is 0.411 e. The van der Waals surface area contributed by atoms with Gasteiger partial charge >= 0.3 is 0 Å². The second kappa shape index (κ2) is 4.63. The van der Waals surface area contributed by atoms with Crippen molar-refractivity contribution < 1.29 is 13.6 Å². The zero-order chi connectivity index (χ0) is 12.3. The van der Waals surface area contributed by atoms with Gasteiger partial charge in [-0.2, -0.15) is 0 Å². The number of benzene rings is 1. The topological polar surface area (TPSA) is 70.0 Å². The predicted molar refractivity (Wildman–Crippen MR) is 61.3 cm³/mol. The Kier molecular flexibility index (Phi) is 3.66. The van der Waals surface area contributed by atoms with E-state index >= 15 is 0 Å². The van der Waals surface area contributed by atoms with Gasteiger partial charge in [-0.05, 0) is 24.6 Å². The predicted octanol–water partition coefficient (Wildman–Crippen LogP) is 1.14. The van der Waals surface area contributed by atoms with E-state index in [2.05, 4.69) is 5.16 Å². The lowest BCUT2D eigenvalue weighted by Gasteiger charge is -2.11. The van der Waals surface area contributed by atoms with E-state index in [9.17, 15) is 8.42 Å². The third kappa shape index (κ3) is 2.40. The Morgan fingerprint density at radius 2 is 1.75 bits per heavy atom. The summed E-state index contributed by atoms with van der Waals surface area (Å²) in [6.07, 6.45) is 0. The van der Waals surface area contributed by atoms with Crippen LogP contribution in [0, 0.1) is 0 Å². The van der Waals surface area contributed by atoms with E-state index in [4.69, 9.17) is 5.21 Å². The highest BCUT2D eigenvalue weighted by atomic mass is 32.2. The van der Waals surface area contributed by atoms with Gasteiger partial charge in [0.15, 0.2) is 0 Å². The maximum Gasteiger partial charge on any atom is 0.242 e. The van der Waals surface area contributed by atoms with Gasteiger partial charge in [-0.1, -0.05) is 17.3 Å². The minimum atomic E-state index is -3.40. The molecule has 0 aromatic heterocycles. The summed E-state index contributed by atoms with van der Waals surface area (Å²) < 4.78 is 24.6. The number of hydrogen-bond donors (Lipinski definition) is 1. The highest BCUT2D eigenvalue weighted by molar-refractivity contribution is 7.89. The second-order valence-electron chi connectivity index (χ2n) is 3.50. The van der Waals surface area contributed by atoms with Gasteiger partial charge in [0.05, 0.1) is 10.6 Å². The molecule has 0 bridgehead atoms. The lowest BCUT2D eigenvalue weighted by Crippen LogP contribution is -2.22. The third-order valence-corrected chi connectivity index (χ3v) is 4.03. The molecular weight excluding hydrogens is 228 g/mol.